The number of amides is 1. The van der Waals surface area contributed by atoms with E-state index in [1.807, 2.05) is 42.5 Å². The lowest BCUT2D eigenvalue weighted by Gasteiger charge is -2.01. The zero-order chi connectivity index (χ0) is 15.8. The average molecular weight is 319 g/mol. The molecule has 0 saturated carbocycles. The number of primary amides is 1. The number of para-hydroxylation sites is 1. The van der Waals surface area contributed by atoms with Gasteiger partial charge in [-0.25, -0.2) is 4.98 Å². The molecule has 4 nitrogen and oxygen atoms in total. The molecule has 0 radical (unpaired) electrons. The van der Waals surface area contributed by atoms with Gasteiger partial charge in [0.05, 0.1) is 21.6 Å². The van der Waals surface area contributed by atoms with Gasteiger partial charge in [-0.05, 0) is 18.2 Å². The van der Waals surface area contributed by atoms with Gasteiger partial charge in [0.2, 0.25) is 5.91 Å². The molecule has 4 rings (SSSR count). The molecule has 4 aromatic rings. The summed E-state index contributed by atoms with van der Waals surface area (Å²) >= 11 is 1.63. The van der Waals surface area contributed by atoms with Gasteiger partial charge in [-0.3, -0.25) is 9.20 Å². The number of hydrogen-bond acceptors (Lipinski definition) is 3. The second-order valence-electron chi connectivity index (χ2n) is 5.14. The summed E-state index contributed by atoms with van der Waals surface area (Å²) < 4.78 is 3.23. The molecule has 0 aliphatic heterocycles. The first kappa shape index (κ1) is 13.7. The smallest absolute Gasteiger partial charge is 0.241 e. The van der Waals surface area contributed by atoms with Crippen molar-refractivity contribution in [3.63, 3.8) is 0 Å². The van der Waals surface area contributed by atoms with Gasteiger partial charge in [0.1, 0.15) is 0 Å². The van der Waals surface area contributed by atoms with E-state index in [4.69, 9.17) is 10.7 Å². The van der Waals surface area contributed by atoms with Crippen molar-refractivity contribution in [1.82, 2.24) is 9.38 Å². The second kappa shape index (κ2) is 5.37. The molecular formula is C18H13N3OS. The van der Waals surface area contributed by atoms with Crippen LogP contribution in [0.5, 0.6) is 0 Å². The Morgan fingerprint density at radius 2 is 1.83 bits per heavy atom. The van der Waals surface area contributed by atoms with E-state index in [9.17, 15) is 4.79 Å². The quantitative estimate of drug-likeness (QED) is 0.585. The van der Waals surface area contributed by atoms with Gasteiger partial charge in [-0.1, -0.05) is 53.8 Å². The van der Waals surface area contributed by atoms with Crippen molar-refractivity contribution >= 4 is 38.5 Å². The number of aromatic nitrogens is 2. The van der Waals surface area contributed by atoms with Crippen LogP contribution in [0.4, 0.5) is 0 Å². The highest BCUT2D eigenvalue weighted by Gasteiger charge is 2.16. The first-order valence-corrected chi connectivity index (χ1v) is 7.98. The topological polar surface area (TPSA) is 60.4 Å². The maximum absolute atomic E-state index is 11.2. The molecule has 0 unspecified atom stereocenters. The minimum Gasteiger partial charge on any atom is -0.366 e. The largest absolute Gasteiger partial charge is 0.366 e. The molecule has 5 heteroatoms. The molecule has 23 heavy (non-hydrogen) atoms. The van der Waals surface area contributed by atoms with Crippen LogP contribution in [0.15, 0.2) is 60.7 Å². The maximum atomic E-state index is 11.2. The molecule has 1 amide bonds. The minimum atomic E-state index is -0.474. The number of benzene rings is 2. The molecule has 2 N–H and O–H groups in total. The van der Waals surface area contributed by atoms with Gasteiger partial charge >= 0.3 is 0 Å². The molecule has 0 atom stereocenters. The van der Waals surface area contributed by atoms with Crippen molar-refractivity contribution < 1.29 is 4.79 Å². The zero-order valence-electron chi connectivity index (χ0n) is 12.1. The summed E-state index contributed by atoms with van der Waals surface area (Å²) in [6.45, 7) is 0. The average Bonchev–Trinajstić information content (AvgIpc) is 3.09. The summed E-state index contributed by atoms with van der Waals surface area (Å²) in [7, 11) is 0. The van der Waals surface area contributed by atoms with E-state index in [2.05, 4.69) is 16.5 Å². The molecule has 0 spiro atoms. The Hall–Kier alpha value is -2.92. The van der Waals surface area contributed by atoms with Gasteiger partial charge in [-0.15, -0.1) is 0 Å². The van der Waals surface area contributed by atoms with Crippen LogP contribution in [0.25, 0.3) is 32.5 Å². The number of imidazole rings is 1. The number of thiazole rings is 1. The first-order chi connectivity index (χ1) is 11.2. The minimum absolute atomic E-state index is 0.474. The molecule has 2 aromatic heterocycles. The third kappa shape index (κ3) is 2.31. The monoisotopic (exact) mass is 319 g/mol. The van der Waals surface area contributed by atoms with Gasteiger partial charge < -0.3 is 5.73 Å². The number of nitrogens with zero attached hydrogens (tertiary/aromatic N) is 2. The Balaban J connectivity index is 2.06. The predicted octanol–water partition coefficient (Wildman–Crippen LogP) is 3.71. The van der Waals surface area contributed by atoms with Crippen LogP contribution in [-0.4, -0.2) is 15.3 Å². The molecule has 0 aliphatic rings. The van der Waals surface area contributed by atoms with Gasteiger partial charge in [-0.2, -0.15) is 0 Å². The van der Waals surface area contributed by atoms with E-state index in [1.54, 1.807) is 17.4 Å². The Labute approximate surface area is 136 Å². The fraction of sp³-hybridized carbons (Fsp3) is 0. The Bertz CT molecular complexity index is 1040. The summed E-state index contributed by atoms with van der Waals surface area (Å²) in [6.07, 6.45) is 3.12. The molecule has 2 heterocycles. The first-order valence-electron chi connectivity index (χ1n) is 7.17. The molecular weight excluding hydrogens is 306 g/mol. The number of hydrogen-bond donors (Lipinski definition) is 1. The van der Waals surface area contributed by atoms with E-state index in [-0.39, 0.29) is 0 Å². The number of carbonyl (C=O) groups excluding carboxylic acids is 1. The normalized spacial score (nSPS) is 11.7. The highest BCUT2D eigenvalue weighted by Crippen LogP contribution is 2.33. The Kier molecular flexibility index (Phi) is 3.20. The van der Waals surface area contributed by atoms with Crippen LogP contribution in [0.2, 0.25) is 0 Å². The zero-order valence-corrected chi connectivity index (χ0v) is 13.0. The van der Waals surface area contributed by atoms with Crippen molar-refractivity contribution in [3.05, 3.63) is 66.4 Å². The third-order valence-corrected chi connectivity index (χ3v) is 4.66. The molecule has 112 valence electrons. The SMILES string of the molecule is NC(=O)/C=C/c1c(-c2ccccc2)nc2sc3ccccc3n12. The lowest BCUT2D eigenvalue weighted by atomic mass is 10.1. The number of nitrogens with two attached hydrogens (primary N) is 1. The van der Waals surface area contributed by atoms with Crippen LogP contribution < -0.4 is 5.73 Å². The highest BCUT2D eigenvalue weighted by atomic mass is 32.1. The lowest BCUT2D eigenvalue weighted by Crippen LogP contribution is -2.05. The standard InChI is InChI=1S/C18H13N3OS/c19-16(22)11-10-14-17(12-6-2-1-3-7-12)20-18-21(14)13-8-4-5-9-15(13)23-18/h1-11H,(H2,19,22)/b11-10+. The highest BCUT2D eigenvalue weighted by molar-refractivity contribution is 7.23. The third-order valence-electron chi connectivity index (χ3n) is 3.64. The summed E-state index contributed by atoms with van der Waals surface area (Å²) in [5, 5.41) is 0. The predicted molar refractivity (Wildman–Crippen MR) is 94.2 cm³/mol. The van der Waals surface area contributed by atoms with E-state index >= 15 is 0 Å². The molecule has 0 saturated heterocycles. The van der Waals surface area contributed by atoms with Crippen LogP contribution in [0.3, 0.4) is 0 Å². The van der Waals surface area contributed by atoms with Gasteiger partial charge in [0, 0.05) is 11.6 Å². The number of fused-ring (bicyclic) bond motifs is 3. The van der Waals surface area contributed by atoms with E-state index in [1.165, 1.54) is 6.08 Å². The van der Waals surface area contributed by atoms with Gasteiger partial charge in [0.15, 0.2) is 4.96 Å². The molecule has 0 aliphatic carbocycles. The lowest BCUT2D eigenvalue weighted by molar-refractivity contribution is -0.113. The van der Waals surface area contributed by atoms with Crippen LogP contribution in [0, 0.1) is 0 Å². The van der Waals surface area contributed by atoms with Crippen LogP contribution in [0.1, 0.15) is 5.69 Å². The summed E-state index contributed by atoms with van der Waals surface area (Å²) in [4.78, 5) is 16.9. The second-order valence-corrected chi connectivity index (χ2v) is 6.14. The fourth-order valence-corrected chi connectivity index (χ4v) is 3.69. The fourth-order valence-electron chi connectivity index (χ4n) is 2.66. The number of carbonyl (C=O) groups is 1. The summed E-state index contributed by atoms with van der Waals surface area (Å²) in [5.41, 5.74) is 9.07. The Morgan fingerprint density at radius 1 is 1.09 bits per heavy atom. The summed E-state index contributed by atoms with van der Waals surface area (Å²) in [5.74, 6) is -0.474. The van der Waals surface area contributed by atoms with Crippen molar-refractivity contribution in [2.24, 2.45) is 5.73 Å². The van der Waals surface area contributed by atoms with E-state index < -0.39 is 5.91 Å². The summed E-state index contributed by atoms with van der Waals surface area (Å²) in [6, 6.07) is 18.1. The van der Waals surface area contributed by atoms with E-state index in [0.717, 1.165) is 32.1 Å². The number of rotatable bonds is 3. The molecule has 2 aromatic carbocycles. The molecule has 0 fully saturated rings. The van der Waals surface area contributed by atoms with Crippen molar-refractivity contribution in [2.75, 3.05) is 0 Å². The maximum Gasteiger partial charge on any atom is 0.241 e. The van der Waals surface area contributed by atoms with E-state index in [0.29, 0.717) is 0 Å². The van der Waals surface area contributed by atoms with Crippen LogP contribution >= 0.6 is 11.3 Å². The van der Waals surface area contributed by atoms with Crippen molar-refractivity contribution in [1.29, 1.82) is 0 Å². The van der Waals surface area contributed by atoms with Crippen LogP contribution in [-0.2, 0) is 4.79 Å². The van der Waals surface area contributed by atoms with Crippen molar-refractivity contribution in [2.45, 2.75) is 0 Å². The Morgan fingerprint density at radius 3 is 2.61 bits per heavy atom. The molecule has 0 bridgehead atoms. The van der Waals surface area contributed by atoms with Crippen molar-refractivity contribution in [3.8, 4) is 11.3 Å². The van der Waals surface area contributed by atoms with Gasteiger partial charge in [0.25, 0.3) is 0 Å².